The van der Waals surface area contributed by atoms with Gasteiger partial charge in [-0.15, -0.1) is 0 Å². The van der Waals surface area contributed by atoms with Gasteiger partial charge in [0.2, 0.25) is 11.8 Å². The maximum Gasteiger partial charge on any atom is 0.328 e. The van der Waals surface area contributed by atoms with Crippen molar-refractivity contribution >= 4 is 34.6 Å². The molecule has 3 aliphatic rings. The zero-order valence-electron chi connectivity index (χ0n) is 18.7. The van der Waals surface area contributed by atoms with Crippen molar-refractivity contribution in [3.05, 3.63) is 54.2 Å². The highest BCUT2D eigenvalue weighted by Gasteiger charge is 2.63. The largest absolute Gasteiger partial charge is 0.372 e. The summed E-state index contributed by atoms with van der Waals surface area (Å²) >= 11 is 0. The Balaban J connectivity index is 1.50. The zero-order valence-corrected chi connectivity index (χ0v) is 18.7. The van der Waals surface area contributed by atoms with E-state index >= 15 is 0 Å². The summed E-state index contributed by atoms with van der Waals surface area (Å²) in [5.41, 5.74) is 1.65. The minimum atomic E-state index is -1.52. The SMILES string of the molecule is C[C@@H]1CN2c3ncc(-c4ccc5ccccc5n4)cc3CC3(C(=O)NC(=O)NC3=O)[C@H]2[C@H](C)O1. The Labute approximate surface area is 195 Å². The number of benzene rings is 1. The third-order valence-corrected chi connectivity index (χ3v) is 7.03. The number of barbiturate groups is 1. The standard InChI is InChI=1S/C25H23N5O4/c1-13-12-30-20(14(2)34-13)25(22(31)28-24(33)29-23(25)32)10-16-9-17(11-26-21(16)30)19-8-7-15-5-3-4-6-18(15)27-19/h3-9,11,13-14,20H,10,12H2,1-2H3,(H2,28,29,31,32,33)/t13-,14+,20-/m1/s1. The number of pyridine rings is 2. The maximum absolute atomic E-state index is 13.3. The number of aromatic nitrogens is 2. The molecule has 2 fully saturated rings. The number of carbonyl (C=O) groups is 3. The third-order valence-electron chi connectivity index (χ3n) is 7.03. The Bertz CT molecular complexity index is 1350. The molecule has 34 heavy (non-hydrogen) atoms. The molecule has 0 bridgehead atoms. The molecule has 3 atom stereocenters. The number of anilines is 1. The molecule has 6 rings (SSSR count). The van der Waals surface area contributed by atoms with Gasteiger partial charge in [0.15, 0.2) is 5.41 Å². The van der Waals surface area contributed by atoms with Crippen LogP contribution in [0.2, 0.25) is 0 Å². The van der Waals surface area contributed by atoms with Gasteiger partial charge in [-0.1, -0.05) is 24.3 Å². The molecule has 0 radical (unpaired) electrons. The van der Waals surface area contributed by atoms with Crippen molar-refractivity contribution in [2.45, 2.75) is 38.5 Å². The van der Waals surface area contributed by atoms with Crippen molar-refractivity contribution in [3.63, 3.8) is 0 Å². The van der Waals surface area contributed by atoms with Crippen molar-refractivity contribution in [1.29, 1.82) is 0 Å². The van der Waals surface area contributed by atoms with Crippen LogP contribution in [0.3, 0.4) is 0 Å². The Morgan fingerprint density at radius 3 is 2.62 bits per heavy atom. The summed E-state index contributed by atoms with van der Waals surface area (Å²) in [5, 5.41) is 5.65. The lowest BCUT2D eigenvalue weighted by Crippen LogP contribution is -2.75. The predicted molar refractivity (Wildman–Crippen MR) is 124 cm³/mol. The Morgan fingerprint density at radius 2 is 1.82 bits per heavy atom. The Hall–Kier alpha value is -3.85. The first-order valence-electron chi connectivity index (χ1n) is 11.3. The van der Waals surface area contributed by atoms with Gasteiger partial charge < -0.3 is 9.64 Å². The van der Waals surface area contributed by atoms with Crippen molar-refractivity contribution in [1.82, 2.24) is 20.6 Å². The predicted octanol–water partition coefficient (Wildman–Crippen LogP) is 2.19. The van der Waals surface area contributed by atoms with Crippen molar-refractivity contribution in [2.75, 3.05) is 11.4 Å². The minimum Gasteiger partial charge on any atom is -0.372 e. The van der Waals surface area contributed by atoms with Crippen molar-refractivity contribution < 1.29 is 19.1 Å². The molecule has 3 aliphatic heterocycles. The smallest absolute Gasteiger partial charge is 0.328 e. The van der Waals surface area contributed by atoms with Crippen molar-refractivity contribution in [2.24, 2.45) is 5.41 Å². The second kappa shape index (κ2) is 7.33. The van der Waals surface area contributed by atoms with E-state index in [1.54, 1.807) is 6.20 Å². The van der Waals surface area contributed by atoms with Crippen LogP contribution in [0.25, 0.3) is 22.2 Å². The molecule has 0 saturated carbocycles. The summed E-state index contributed by atoms with van der Waals surface area (Å²) in [6, 6.07) is 12.4. The molecule has 0 unspecified atom stereocenters. The summed E-state index contributed by atoms with van der Waals surface area (Å²) in [4.78, 5) is 49.9. The number of morpholine rings is 1. The fourth-order valence-electron chi connectivity index (χ4n) is 5.67. The van der Waals surface area contributed by atoms with E-state index in [2.05, 4.69) is 10.6 Å². The summed E-state index contributed by atoms with van der Waals surface area (Å²) < 4.78 is 6.03. The second-order valence-corrected chi connectivity index (χ2v) is 9.23. The van der Waals surface area contributed by atoms with Gasteiger partial charge in [-0.3, -0.25) is 20.2 Å². The summed E-state index contributed by atoms with van der Waals surface area (Å²) in [6.45, 7) is 4.27. The zero-order chi connectivity index (χ0) is 23.6. The number of nitrogens with one attached hydrogen (secondary N) is 2. The molecule has 9 heteroatoms. The average molecular weight is 457 g/mol. The van der Waals surface area contributed by atoms with E-state index in [-0.39, 0.29) is 12.5 Å². The number of urea groups is 1. The molecule has 5 heterocycles. The molecule has 2 aromatic heterocycles. The number of fused-ring (bicyclic) bond motifs is 5. The molecule has 0 aliphatic carbocycles. The lowest BCUT2D eigenvalue weighted by atomic mass is 9.67. The molecule has 172 valence electrons. The summed E-state index contributed by atoms with van der Waals surface area (Å²) in [6.07, 6.45) is 1.34. The lowest BCUT2D eigenvalue weighted by molar-refractivity contribution is -0.153. The minimum absolute atomic E-state index is 0.102. The Kier molecular flexibility index (Phi) is 4.47. The van der Waals surface area contributed by atoms with Gasteiger partial charge >= 0.3 is 6.03 Å². The van der Waals surface area contributed by atoms with Crippen LogP contribution in [-0.2, 0) is 20.7 Å². The van der Waals surface area contributed by atoms with Gasteiger partial charge in [-0.05, 0) is 37.6 Å². The van der Waals surface area contributed by atoms with Crippen LogP contribution in [0, 0.1) is 5.41 Å². The molecular formula is C25H23N5O4. The first kappa shape index (κ1) is 20.7. The number of nitrogens with zero attached hydrogens (tertiary/aromatic N) is 3. The first-order chi connectivity index (χ1) is 16.4. The molecule has 2 N–H and O–H groups in total. The van der Waals surface area contributed by atoms with Crippen LogP contribution < -0.4 is 15.5 Å². The topological polar surface area (TPSA) is 114 Å². The van der Waals surface area contributed by atoms with E-state index < -0.39 is 35.4 Å². The number of hydrogen-bond donors (Lipinski definition) is 2. The van der Waals surface area contributed by atoms with Crippen LogP contribution in [0.1, 0.15) is 19.4 Å². The van der Waals surface area contributed by atoms with E-state index in [0.29, 0.717) is 6.54 Å². The van der Waals surface area contributed by atoms with Crippen LogP contribution in [0.15, 0.2) is 48.7 Å². The Morgan fingerprint density at radius 1 is 1.06 bits per heavy atom. The number of imide groups is 2. The molecule has 1 aromatic carbocycles. The molecule has 2 saturated heterocycles. The van der Waals surface area contributed by atoms with E-state index in [9.17, 15) is 14.4 Å². The van der Waals surface area contributed by atoms with Gasteiger partial charge in [0.25, 0.3) is 0 Å². The lowest BCUT2D eigenvalue weighted by Gasteiger charge is -2.54. The van der Waals surface area contributed by atoms with E-state index in [0.717, 1.165) is 33.5 Å². The number of ether oxygens (including phenoxy) is 1. The number of para-hydroxylation sites is 1. The van der Waals surface area contributed by atoms with Crippen LogP contribution in [0.4, 0.5) is 10.6 Å². The van der Waals surface area contributed by atoms with Gasteiger partial charge in [-0.25, -0.2) is 14.8 Å². The first-order valence-corrected chi connectivity index (χ1v) is 11.3. The number of rotatable bonds is 1. The number of hydrogen-bond acceptors (Lipinski definition) is 7. The highest BCUT2D eigenvalue weighted by Crippen LogP contribution is 2.46. The summed E-state index contributed by atoms with van der Waals surface area (Å²) in [5.74, 6) is -0.498. The quantitative estimate of drug-likeness (QED) is 0.539. The van der Waals surface area contributed by atoms with E-state index in [1.807, 2.05) is 61.2 Å². The maximum atomic E-state index is 13.3. The third kappa shape index (κ3) is 2.93. The van der Waals surface area contributed by atoms with E-state index in [4.69, 9.17) is 14.7 Å². The molecule has 4 amide bonds. The number of carbonyl (C=O) groups excluding carboxylic acids is 3. The van der Waals surface area contributed by atoms with Gasteiger partial charge in [0, 0.05) is 30.1 Å². The normalized spacial score (nSPS) is 25.5. The van der Waals surface area contributed by atoms with Crippen LogP contribution in [-0.4, -0.2) is 52.6 Å². The van der Waals surface area contributed by atoms with Gasteiger partial charge in [-0.2, -0.15) is 0 Å². The molecule has 9 nitrogen and oxygen atoms in total. The number of amides is 4. The summed E-state index contributed by atoms with van der Waals surface area (Å²) in [7, 11) is 0. The van der Waals surface area contributed by atoms with Gasteiger partial charge in [0.1, 0.15) is 5.82 Å². The fraction of sp³-hybridized carbons (Fsp3) is 0.320. The molecule has 3 aromatic rings. The van der Waals surface area contributed by atoms with Crippen LogP contribution in [0.5, 0.6) is 0 Å². The van der Waals surface area contributed by atoms with E-state index in [1.165, 1.54) is 0 Å². The second-order valence-electron chi connectivity index (χ2n) is 9.23. The average Bonchev–Trinajstić information content (AvgIpc) is 2.81. The molecular weight excluding hydrogens is 434 g/mol. The van der Waals surface area contributed by atoms with Crippen molar-refractivity contribution in [3.8, 4) is 11.3 Å². The monoisotopic (exact) mass is 457 g/mol. The fourth-order valence-corrected chi connectivity index (χ4v) is 5.67. The highest BCUT2D eigenvalue weighted by molar-refractivity contribution is 6.20. The highest BCUT2D eigenvalue weighted by atomic mass is 16.5. The van der Waals surface area contributed by atoms with Crippen LogP contribution >= 0.6 is 0 Å². The molecule has 1 spiro atoms. The van der Waals surface area contributed by atoms with Gasteiger partial charge in [0.05, 0.1) is 29.5 Å².